The quantitative estimate of drug-likeness (QED) is 0.783. The summed E-state index contributed by atoms with van der Waals surface area (Å²) in [6.07, 6.45) is 1.79. The van der Waals surface area contributed by atoms with E-state index in [1.54, 1.807) is 17.0 Å². The van der Waals surface area contributed by atoms with E-state index >= 15 is 0 Å². The molecule has 8 heteroatoms. The number of benzene rings is 1. The largest absolute Gasteiger partial charge is 0.377 e. The summed E-state index contributed by atoms with van der Waals surface area (Å²) in [5, 5.41) is 2.75. The van der Waals surface area contributed by atoms with Gasteiger partial charge in [0, 0.05) is 31.9 Å². The molecule has 1 aliphatic rings. The lowest BCUT2D eigenvalue weighted by atomic mass is 10.2. The van der Waals surface area contributed by atoms with Crippen molar-refractivity contribution in [2.45, 2.75) is 37.7 Å². The van der Waals surface area contributed by atoms with Crippen LogP contribution in [-0.2, 0) is 14.8 Å². The van der Waals surface area contributed by atoms with Gasteiger partial charge in [0.05, 0.1) is 11.0 Å². The van der Waals surface area contributed by atoms with E-state index in [0.717, 1.165) is 12.8 Å². The molecule has 2 amide bonds. The van der Waals surface area contributed by atoms with E-state index < -0.39 is 10.0 Å². The molecule has 0 saturated carbocycles. The first kappa shape index (κ1) is 18.7. The Bertz CT molecular complexity index is 636. The van der Waals surface area contributed by atoms with Gasteiger partial charge in [0.25, 0.3) is 0 Å². The van der Waals surface area contributed by atoms with Crippen molar-refractivity contribution in [3.63, 3.8) is 0 Å². The highest BCUT2D eigenvalue weighted by atomic mass is 32.2. The Kier molecular flexibility index (Phi) is 6.59. The van der Waals surface area contributed by atoms with E-state index in [9.17, 15) is 13.2 Å². The number of anilines is 1. The first-order valence-corrected chi connectivity index (χ1v) is 9.71. The zero-order valence-electron chi connectivity index (χ0n) is 14.1. The maximum absolute atomic E-state index is 12.3. The minimum atomic E-state index is -3.57. The molecule has 2 rings (SSSR count). The van der Waals surface area contributed by atoms with Crippen LogP contribution < -0.4 is 10.0 Å². The molecule has 1 aromatic rings. The zero-order valence-corrected chi connectivity index (χ0v) is 14.9. The van der Waals surface area contributed by atoms with Crippen LogP contribution >= 0.6 is 0 Å². The van der Waals surface area contributed by atoms with Gasteiger partial charge in [-0.15, -0.1) is 0 Å². The Morgan fingerprint density at radius 1 is 1.25 bits per heavy atom. The van der Waals surface area contributed by atoms with E-state index in [2.05, 4.69) is 10.0 Å². The summed E-state index contributed by atoms with van der Waals surface area (Å²) in [5.41, 5.74) is 0.560. The van der Waals surface area contributed by atoms with E-state index in [0.29, 0.717) is 25.4 Å². The molecule has 1 aromatic carbocycles. The molecule has 1 atom stereocenters. The number of hydrogen-bond donors (Lipinski definition) is 2. The van der Waals surface area contributed by atoms with Crippen LogP contribution in [0.1, 0.15) is 26.7 Å². The highest BCUT2D eigenvalue weighted by Gasteiger charge is 2.20. The molecule has 0 aromatic heterocycles. The van der Waals surface area contributed by atoms with Gasteiger partial charge >= 0.3 is 6.03 Å². The molecule has 0 aliphatic carbocycles. The van der Waals surface area contributed by atoms with Gasteiger partial charge in [-0.25, -0.2) is 17.9 Å². The van der Waals surface area contributed by atoms with Gasteiger partial charge in [-0.2, -0.15) is 0 Å². The molecular formula is C16H25N3O4S. The van der Waals surface area contributed by atoms with Crippen LogP contribution in [0, 0.1) is 0 Å². The van der Waals surface area contributed by atoms with Crippen LogP contribution in [0.4, 0.5) is 10.5 Å². The number of hydrogen-bond acceptors (Lipinski definition) is 4. The minimum absolute atomic E-state index is 0.0487. The first-order valence-electron chi connectivity index (χ1n) is 8.23. The van der Waals surface area contributed by atoms with E-state index in [1.165, 1.54) is 12.1 Å². The van der Waals surface area contributed by atoms with Crippen molar-refractivity contribution in [3.8, 4) is 0 Å². The van der Waals surface area contributed by atoms with Crippen LogP contribution in [0.15, 0.2) is 29.2 Å². The van der Waals surface area contributed by atoms with E-state index in [4.69, 9.17) is 4.74 Å². The van der Waals surface area contributed by atoms with Crippen molar-refractivity contribution in [3.05, 3.63) is 24.3 Å². The van der Waals surface area contributed by atoms with Gasteiger partial charge in [-0.05, 0) is 51.0 Å². The number of nitrogens with one attached hydrogen (secondary N) is 2. The van der Waals surface area contributed by atoms with E-state index in [1.807, 2.05) is 13.8 Å². The number of rotatable bonds is 7. The number of urea groups is 1. The maximum atomic E-state index is 12.3. The van der Waals surface area contributed by atoms with Crippen molar-refractivity contribution in [2.24, 2.45) is 0 Å². The fraction of sp³-hybridized carbons (Fsp3) is 0.562. The SMILES string of the molecule is CCN(CC)C(=O)Nc1ccc(S(=O)(=O)NC[C@H]2CCCO2)cc1. The number of carbonyl (C=O) groups excluding carboxylic acids is 1. The smallest absolute Gasteiger partial charge is 0.321 e. The van der Waals surface area contributed by atoms with Crippen LogP contribution in [0.5, 0.6) is 0 Å². The third kappa shape index (κ3) is 4.93. The summed E-state index contributed by atoms with van der Waals surface area (Å²) < 4.78 is 32.5. The molecule has 0 unspecified atom stereocenters. The van der Waals surface area contributed by atoms with Gasteiger partial charge in [-0.1, -0.05) is 0 Å². The van der Waals surface area contributed by atoms with Gasteiger partial charge in [-0.3, -0.25) is 0 Å². The third-order valence-corrected chi connectivity index (χ3v) is 5.43. The van der Waals surface area contributed by atoms with Crippen LogP contribution in [0.25, 0.3) is 0 Å². The molecule has 7 nitrogen and oxygen atoms in total. The molecule has 1 fully saturated rings. The molecule has 24 heavy (non-hydrogen) atoms. The standard InChI is InChI=1S/C16H25N3O4S/c1-3-19(4-2)16(20)18-13-7-9-15(10-8-13)24(21,22)17-12-14-6-5-11-23-14/h7-10,14,17H,3-6,11-12H2,1-2H3,(H,18,20)/t14-/m1/s1. The third-order valence-electron chi connectivity index (χ3n) is 3.99. The predicted molar refractivity (Wildman–Crippen MR) is 92.5 cm³/mol. The molecule has 1 saturated heterocycles. The van der Waals surface area contributed by atoms with Crippen LogP contribution in [0.3, 0.4) is 0 Å². The summed E-state index contributed by atoms with van der Waals surface area (Å²) in [6.45, 7) is 6.00. The number of sulfonamides is 1. The molecule has 1 aliphatic heterocycles. The molecule has 134 valence electrons. The molecule has 1 heterocycles. The second kappa shape index (κ2) is 8.46. The lowest BCUT2D eigenvalue weighted by molar-refractivity contribution is 0.114. The Hall–Kier alpha value is -1.64. The number of amides is 2. The van der Waals surface area contributed by atoms with Crippen molar-refractivity contribution < 1.29 is 17.9 Å². The lowest BCUT2D eigenvalue weighted by Crippen LogP contribution is -2.34. The fourth-order valence-corrected chi connectivity index (χ4v) is 3.59. The second-order valence-electron chi connectivity index (χ2n) is 5.61. The Balaban J connectivity index is 1.96. The lowest BCUT2D eigenvalue weighted by Gasteiger charge is -2.19. The Labute approximate surface area is 143 Å². The summed E-state index contributed by atoms with van der Waals surface area (Å²) in [6, 6.07) is 5.93. The molecule has 0 radical (unpaired) electrons. The summed E-state index contributed by atoms with van der Waals surface area (Å²) in [7, 11) is -3.57. The average Bonchev–Trinajstić information content (AvgIpc) is 3.08. The first-order chi connectivity index (χ1) is 11.5. The number of carbonyl (C=O) groups is 1. The van der Waals surface area contributed by atoms with Gasteiger partial charge in [0.1, 0.15) is 0 Å². The predicted octanol–water partition coefficient (Wildman–Crippen LogP) is 2.02. The van der Waals surface area contributed by atoms with Crippen molar-refractivity contribution in [1.82, 2.24) is 9.62 Å². The number of ether oxygens (including phenoxy) is 1. The van der Waals surface area contributed by atoms with Gasteiger partial charge in [0.15, 0.2) is 0 Å². The van der Waals surface area contributed by atoms with Crippen molar-refractivity contribution in [1.29, 1.82) is 0 Å². The van der Waals surface area contributed by atoms with Crippen molar-refractivity contribution >= 4 is 21.7 Å². The normalized spacial score (nSPS) is 17.7. The average molecular weight is 355 g/mol. The van der Waals surface area contributed by atoms with Crippen LogP contribution in [0.2, 0.25) is 0 Å². The minimum Gasteiger partial charge on any atom is -0.377 e. The second-order valence-corrected chi connectivity index (χ2v) is 7.38. The maximum Gasteiger partial charge on any atom is 0.321 e. The van der Waals surface area contributed by atoms with Crippen molar-refractivity contribution in [2.75, 3.05) is 31.6 Å². The summed E-state index contributed by atoms with van der Waals surface area (Å²) >= 11 is 0. The Morgan fingerprint density at radius 2 is 1.92 bits per heavy atom. The van der Waals surface area contributed by atoms with Gasteiger partial charge < -0.3 is 15.0 Å². The summed E-state index contributed by atoms with van der Waals surface area (Å²) in [4.78, 5) is 13.8. The van der Waals surface area contributed by atoms with Gasteiger partial charge in [0.2, 0.25) is 10.0 Å². The van der Waals surface area contributed by atoms with E-state index in [-0.39, 0.29) is 23.6 Å². The number of nitrogens with zero attached hydrogens (tertiary/aromatic N) is 1. The molecular weight excluding hydrogens is 330 g/mol. The topological polar surface area (TPSA) is 87.7 Å². The zero-order chi connectivity index (χ0) is 17.6. The highest BCUT2D eigenvalue weighted by molar-refractivity contribution is 7.89. The molecule has 0 spiro atoms. The van der Waals surface area contributed by atoms with Crippen LogP contribution in [-0.4, -0.2) is 51.7 Å². The summed E-state index contributed by atoms with van der Waals surface area (Å²) in [5.74, 6) is 0. The Morgan fingerprint density at radius 3 is 2.46 bits per heavy atom. The monoisotopic (exact) mass is 355 g/mol. The fourth-order valence-electron chi connectivity index (χ4n) is 2.52. The molecule has 0 bridgehead atoms. The molecule has 2 N–H and O–H groups in total. The highest BCUT2D eigenvalue weighted by Crippen LogP contribution is 2.16.